The first-order valence-corrected chi connectivity index (χ1v) is 9.56. The molecule has 1 amide bonds. The van der Waals surface area contributed by atoms with Gasteiger partial charge in [0.2, 0.25) is 0 Å². The van der Waals surface area contributed by atoms with Crippen LogP contribution in [0, 0.1) is 13.8 Å². The summed E-state index contributed by atoms with van der Waals surface area (Å²) < 4.78 is 3.63. The highest BCUT2D eigenvalue weighted by Crippen LogP contribution is 2.15. The Balaban J connectivity index is 1.59. The van der Waals surface area contributed by atoms with Gasteiger partial charge in [0.1, 0.15) is 0 Å². The van der Waals surface area contributed by atoms with Crippen molar-refractivity contribution in [1.82, 2.24) is 24.9 Å². The summed E-state index contributed by atoms with van der Waals surface area (Å²) >= 11 is 0. The summed E-state index contributed by atoms with van der Waals surface area (Å²) in [6.45, 7) is 5.07. The second kappa shape index (κ2) is 8.14. The van der Waals surface area contributed by atoms with Crippen LogP contribution in [-0.4, -0.2) is 25.5 Å². The minimum Gasteiger partial charge on any atom is -0.346 e. The maximum Gasteiger partial charge on any atom is 0.276 e. The van der Waals surface area contributed by atoms with Crippen LogP contribution in [0.25, 0.3) is 5.82 Å². The van der Waals surface area contributed by atoms with Crippen LogP contribution < -0.4 is 5.32 Å². The summed E-state index contributed by atoms with van der Waals surface area (Å²) in [4.78, 5) is 12.9. The molecule has 0 atom stereocenters. The molecule has 6 heteroatoms. The van der Waals surface area contributed by atoms with E-state index < -0.39 is 0 Å². The fourth-order valence-corrected chi connectivity index (χ4v) is 3.13. The molecule has 6 nitrogen and oxygen atoms in total. The summed E-state index contributed by atoms with van der Waals surface area (Å²) in [5.41, 5.74) is 4.84. The van der Waals surface area contributed by atoms with Gasteiger partial charge in [0.05, 0.1) is 6.54 Å². The molecule has 0 aliphatic rings. The monoisotopic (exact) mass is 385 g/mol. The first-order chi connectivity index (χ1) is 14.1. The van der Waals surface area contributed by atoms with Gasteiger partial charge < -0.3 is 9.88 Å². The number of hydrogen-bond donors (Lipinski definition) is 1. The van der Waals surface area contributed by atoms with E-state index in [0.717, 1.165) is 11.1 Å². The molecule has 4 rings (SSSR count). The topological polar surface area (TPSA) is 64.7 Å². The first kappa shape index (κ1) is 18.7. The SMILES string of the molecule is Cc1ccc(CNC(=O)c2nnn(Cc3ccc(C)cc3)c2-n2cccc2)cc1. The normalized spacial score (nSPS) is 10.8. The maximum atomic E-state index is 12.9. The molecule has 146 valence electrons. The van der Waals surface area contributed by atoms with E-state index in [1.165, 1.54) is 11.1 Å². The van der Waals surface area contributed by atoms with Crippen molar-refractivity contribution >= 4 is 5.91 Å². The van der Waals surface area contributed by atoms with Crippen LogP contribution in [0.4, 0.5) is 0 Å². The molecule has 0 unspecified atom stereocenters. The Bertz CT molecular complexity index is 1090. The number of aromatic nitrogens is 4. The van der Waals surface area contributed by atoms with E-state index in [1.807, 2.05) is 60.3 Å². The lowest BCUT2D eigenvalue weighted by Crippen LogP contribution is -2.25. The van der Waals surface area contributed by atoms with Gasteiger partial charge in [-0.1, -0.05) is 64.9 Å². The highest BCUT2D eigenvalue weighted by Gasteiger charge is 2.21. The molecule has 0 aliphatic carbocycles. The standard InChI is InChI=1S/C23H23N5O/c1-17-5-9-19(10-6-17)15-24-22(29)21-23(27-13-3-4-14-27)28(26-25-21)16-20-11-7-18(2)8-12-20/h3-14H,15-16H2,1-2H3,(H,24,29). The third-order valence-corrected chi connectivity index (χ3v) is 4.80. The van der Waals surface area contributed by atoms with Gasteiger partial charge in [-0.15, -0.1) is 5.10 Å². The molecule has 0 saturated carbocycles. The van der Waals surface area contributed by atoms with E-state index in [9.17, 15) is 4.79 Å². The molecule has 0 spiro atoms. The molecule has 2 aromatic carbocycles. The third kappa shape index (κ3) is 4.27. The van der Waals surface area contributed by atoms with E-state index in [2.05, 4.69) is 46.8 Å². The second-order valence-corrected chi connectivity index (χ2v) is 7.16. The zero-order chi connectivity index (χ0) is 20.2. The predicted octanol–water partition coefficient (Wildman–Crippen LogP) is 3.66. The van der Waals surface area contributed by atoms with E-state index in [0.29, 0.717) is 24.6 Å². The highest BCUT2D eigenvalue weighted by atomic mass is 16.2. The predicted molar refractivity (Wildman–Crippen MR) is 112 cm³/mol. The van der Waals surface area contributed by atoms with Gasteiger partial charge in [-0.2, -0.15) is 0 Å². The van der Waals surface area contributed by atoms with Crippen LogP contribution in [0.5, 0.6) is 0 Å². The van der Waals surface area contributed by atoms with E-state index >= 15 is 0 Å². The van der Waals surface area contributed by atoms with Crippen molar-refractivity contribution in [2.24, 2.45) is 0 Å². The van der Waals surface area contributed by atoms with Crippen LogP contribution in [-0.2, 0) is 13.1 Å². The van der Waals surface area contributed by atoms with Crippen LogP contribution in [0.3, 0.4) is 0 Å². The fourth-order valence-electron chi connectivity index (χ4n) is 3.13. The van der Waals surface area contributed by atoms with Crippen molar-refractivity contribution in [3.63, 3.8) is 0 Å². The summed E-state index contributed by atoms with van der Waals surface area (Å²) in [6.07, 6.45) is 3.78. The Kier molecular flexibility index (Phi) is 5.24. The number of carbonyl (C=O) groups is 1. The molecule has 0 saturated heterocycles. The average molecular weight is 385 g/mol. The zero-order valence-corrected chi connectivity index (χ0v) is 16.5. The molecule has 0 fully saturated rings. The number of carbonyl (C=O) groups excluding carboxylic acids is 1. The average Bonchev–Trinajstić information content (AvgIpc) is 3.39. The smallest absolute Gasteiger partial charge is 0.276 e. The summed E-state index contributed by atoms with van der Waals surface area (Å²) in [6, 6.07) is 20.2. The quantitative estimate of drug-likeness (QED) is 0.551. The van der Waals surface area contributed by atoms with Gasteiger partial charge >= 0.3 is 0 Å². The summed E-state index contributed by atoms with van der Waals surface area (Å²) in [5, 5.41) is 11.4. The van der Waals surface area contributed by atoms with E-state index in [-0.39, 0.29) is 5.91 Å². The maximum absolute atomic E-state index is 12.9. The molecule has 0 aliphatic heterocycles. The lowest BCUT2D eigenvalue weighted by molar-refractivity contribution is 0.0946. The van der Waals surface area contributed by atoms with Crippen molar-refractivity contribution in [2.45, 2.75) is 26.9 Å². The number of nitrogens with zero attached hydrogens (tertiary/aromatic N) is 4. The van der Waals surface area contributed by atoms with Crippen molar-refractivity contribution in [2.75, 3.05) is 0 Å². The largest absolute Gasteiger partial charge is 0.346 e. The lowest BCUT2D eigenvalue weighted by atomic mass is 10.1. The molecule has 29 heavy (non-hydrogen) atoms. The van der Waals surface area contributed by atoms with E-state index in [1.54, 1.807) is 4.68 Å². The molecule has 0 bridgehead atoms. The Labute approximate surface area is 169 Å². The van der Waals surface area contributed by atoms with Crippen LogP contribution >= 0.6 is 0 Å². The summed E-state index contributed by atoms with van der Waals surface area (Å²) in [7, 11) is 0. The molecule has 2 heterocycles. The van der Waals surface area contributed by atoms with Crippen molar-refractivity contribution in [3.8, 4) is 5.82 Å². The Morgan fingerprint density at radius 3 is 2.10 bits per heavy atom. The van der Waals surface area contributed by atoms with Crippen LogP contribution in [0.1, 0.15) is 32.7 Å². The lowest BCUT2D eigenvalue weighted by Gasteiger charge is -2.10. The van der Waals surface area contributed by atoms with Gasteiger partial charge in [0.15, 0.2) is 11.5 Å². The number of amides is 1. The van der Waals surface area contributed by atoms with Gasteiger partial charge in [-0.25, -0.2) is 4.68 Å². The van der Waals surface area contributed by atoms with Crippen molar-refractivity contribution in [1.29, 1.82) is 0 Å². The number of nitrogens with one attached hydrogen (secondary N) is 1. The first-order valence-electron chi connectivity index (χ1n) is 9.56. The number of benzene rings is 2. The van der Waals surface area contributed by atoms with E-state index in [4.69, 9.17) is 0 Å². The van der Waals surface area contributed by atoms with Gasteiger partial charge in [-0.3, -0.25) is 4.79 Å². The summed E-state index contributed by atoms with van der Waals surface area (Å²) in [5.74, 6) is 0.404. The molecule has 2 aromatic heterocycles. The van der Waals surface area contributed by atoms with Crippen molar-refractivity contribution < 1.29 is 4.79 Å². The molecule has 0 radical (unpaired) electrons. The van der Waals surface area contributed by atoms with Gasteiger partial charge in [0, 0.05) is 18.9 Å². The molecule has 1 N–H and O–H groups in total. The Morgan fingerprint density at radius 1 is 0.897 bits per heavy atom. The minimum absolute atomic E-state index is 0.246. The molecular formula is C23H23N5O. The van der Waals surface area contributed by atoms with Crippen molar-refractivity contribution in [3.05, 3.63) is 101 Å². The van der Waals surface area contributed by atoms with Gasteiger partial charge in [-0.05, 0) is 37.1 Å². The number of rotatable bonds is 6. The fraction of sp³-hybridized carbons (Fsp3) is 0.174. The third-order valence-electron chi connectivity index (χ3n) is 4.80. The molecule has 4 aromatic rings. The number of aryl methyl sites for hydroxylation is 2. The minimum atomic E-state index is -0.246. The van der Waals surface area contributed by atoms with Crippen LogP contribution in [0.15, 0.2) is 73.1 Å². The second-order valence-electron chi connectivity index (χ2n) is 7.16. The zero-order valence-electron chi connectivity index (χ0n) is 16.5. The molecular weight excluding hydrogens is 362 g/mol. The number of hydrogen-bond acceptors (Lipinski definition) is 3. The Morgan fingerprint density at radius 2 is 1.48 bits per heavy atom. The highest BCUT2D eigenvalue weighted by molar-refractivity contribution is 5.95. The Hall–Kier alpha value is -3.67. The van der Waals surface area contributed by atoms with Gasteiger partial charge in [0.25, 0.3) is 5.91 Å². The van der Waals surface area contributed by atoms with Crippen LogP contribution in [0.2, 0.25) is 0 Å².